The lowest BCUT2D eigenvalue weighted by Gasteiger charge is -1.84. The molecular formula is C7H8NOS. The van der Waals surface area contributed by atoms with Gasteiger partial charge in [-0.2, -0.15) is 0 Å². The molecule has 1 aromatic rings. The Morgan fingerprint density at radius 3 is 2.80 bits per heavy atom. The van der Waals surface area contributed by atoms with Crippen molar-refractivity contribution in [1.82, 2.24) is 4.98 Å². The highest BCUT2D eigenvalue weighted by Gasteiger charge is 2.05. The molecule has 0 atom stereocenters. The maximum absolute atomic E-state index is 10.2. The summed E-state index contributed by atoms with van der Waals surface area (Å²) in [4.78, 5) is 15.1. The molecule has 1 heterocycles. The van der Waals surface area contributed by atoms with E-state index in [9.17, 15) is 4.79 Å². The van der Waals surface area contributed by atoms with E-state index in [0.717, 1.165) is 17.1 Å². The quantitative estimate of drug-likeness (QED) is 0.645. The summed E-state index contributed by atoms with van der Waals surface area (Å²) in [6.45, 7) is 3.88. The highest BCUT2D eigenvalue weighted by atomic mass is 32.1. The zero-order valence-corrected chi connectivity index (χ0v) is 6.79. The van der Waals surface area contributed by atoms with Gasteiger partial charge in [-0.15, -0.1) is 11.3 Å². The molecular weight excluding hydrogens is 146 g/mol. The summed E-state index contributed by atoms with van der Waals surface area (Å²) in [5.74, 6) is 0. The summed E-state index contributed by atoms with van der Waals surface area (Å²) < 4.78 is 0. The number of carbonyl (C=O) groups excluding carboxylic acids is 1. The molecule has 0 N–H and O–H groups in total. The average molecular weight is 154 g/mol. The smallest absolute Gasteiger partial charge is 0.246 e. The molecule has 0 aromatic carbocycles. The van der Waals surface area contributed by atoms with Crippen LogP contribution in [0.3, 0.4) is 0 Å². The van der Waals surface area contributed by atoms with Gasteiger partial charge >= 0.3 is 0 Å². The van der Waals surface area contributed by atoms with Crippen molar-refractivity contribution in [2.75, 3.05) is 0 Å². The number of aryl methyl sites for hydroxylation is 2. The van der Waals surface area contributed by atoms with Crippen LogP contribution in [0.25, 0.3) is 0 Å². The van der Waals surface area contributed by atoms with Crippen molar-refractivity contribution in [2.45, 2.75) is 20.3 Å². The number of aromatic nitrogens is 1. The fraction of sp³-hybridized carbons (Fsp3) is 0.429. The van der Waals surface area contributed by atoms with Crippen molar-refractivity contribution in [2.24, 2.45) is 0 Å². The van der Waals surface area contributed by atoms with Gasteiger partial charge in [0.25, 0.3) is 0 Å². The molecule has 0 aliphatic rings. The van der Waals surface area contributed by atoms with Gasteiger partial charge in [-0.1, -0.05) is 6.92 Å². The van der Waals surface area contributed by atoms with Crippen LogP contribution in [0.15, 0.2) is 0 Å². The third-order valence-electron chi connectivity index (χ3n) is 1.23. The highest BCUT2D eigenvalue weighted by molar-refractivity contribution is 7.13. The molecule has 1 radical (unpaired) electrons. The summed E-state index contributed by atoms with van der Waals surface area (Å²) in [6.07, 6.45) is 2.69. The van der Waals surface area contributed by atoms with E-state index in [1.165, 1.54) is 11.3 Å². The van der Waals surface area contributed by atoms with Crippen molar-refractivity contribution < 1.29 is 4.79 Å². The van der Waals surface area contributed by atoms with E-state index in [4.69, 9.17) is 0 Å². The van der Waals surface area contributed by atoms with Crippen LogP contribution < -0.4 is 0 Å². The Labute approximate surface area is 63.9 Å². The third kappa shape index (κ3) is 1.24. The fourth-order valence-electron chi connectivity index (χ4n) is 0.790. The Hall–Kier alpha value is -0.700. The Morgan fingerprint density at radius 2 is 2.40 bits per heavy atom. The molecule has 0 fully saturated rings. The van der Waals surface area contributed by atoms with Crippen LogP contribution >= 0.6 is 11.3 Å². The largest absolute Gasteiger partial charge is 0.284 e. The molecule has 0 aliphatic heterocycles. The lowest BCUT2D eigenvalue weighted by atomic mass is 10.3. The molecule has 1 rings (SSSR count). The van der Waals surface area contributed by atoms with E-state index in [1.807, 2.05) is 20.1 Å². The number of rotatable bonds is 2. The second-order valence-electron chi connectivity index (χ2n) is 1.96. The molecule has 53 valence electrons. The van der Waals surface area contributed by atoms with Crippen LogP contribution in [0.4, 0.5) is 0 Å². The summed E-state index contributed by atoms with van der Waals surface area (Å²) in [5.41, 5.74) is 0.873. The predicted molar refractivity (Wildman–Crippen MR) is 41.0 cm³/mol. The monoisotopic (exact) mass is 154 g/mol. The number of hydrogen-bond acceptors (Lipinski definition) is 3. The Kier molecular flexibility index (Phi) is 2.17. The van der Waals surface area contributed by atoms with Gasteiger partial charge in [0.05, 0.1) is 10.7 Å². The van der Waals surface area contributed by atoms with E-state index in [0.29, 0.717) is 4.88 Å². The lowest BCUT2D eigenvalue weighted by molar-refractivity contribution is 0.563. The van der Waals surface area contributed by atoms with Crippen LogP contribution in [0.2, 0.25) is 0 Å². The normalized spacial score (nSPS) is 9.80. The lowest BCUT2D eigenvalue weighted by Crippen LogP contribution is -1.85. The van der Waals surface area contributed by atoms with Crippen LogP contribution in [0.5, 0.6) is 0 Å². The SMILES string of the molecule is CCc1nc(C)sc1[C]=O. The van der Waals surface area contributed by atoms with E-state index in [-0.39, 0.29) is 0 Å². The zero-order chi connectivity index (χ0) is 7.56. The van der Waals surface area contributed by atoms with Crippen LogP contribution in [0.1, 0.15) is 22.5 Å². The second-order valence-corrected chi connectivity index (χ2v) is 3.17. The van der Waals surface area contributed by atoms with Gasteiger partial charge in [0.15, 0.2) is 0 Å². The Bertz CT molecular complexity index is 242. The van der Waals surface area contributed by atoms with E-state index in [2.05, 4.69) is 4.98 Å². The first-order valence-electron chi connectivity index (χ1n) is 3.12. The van der Waals surface area contributed by atoms with Gasteiger partial charge < -0.3 is 0 Å². The summed E-state index contributed by atoms with van der Waals surface area (Å²) in [6, 6.07) is 0. The van der Waals surface area contributed by atoms with E-state index in [1.54, 1.807) is 0 Å². The minimum atomic E-state index is 0.653. The van der Waals surface area contributed by atoms with Crippen molar-refractivity contribution in [3.63, 3.8) is 0 Å². The van der Waals surface area contributed by atoms with Gasteiger partial charge in [0.1, 0.15) is 4.88 Å². The van der Waals surface area contributed by atoms with Gasteiger partial charge in [-0.05, 0) is 13.3 Å². The van der Waals surface area contributed by atoms with Crippen molar-refractivity contribution >= 4 is 17.6 Å². The third-order valence-corrected chi connectivity index (χ3v) is 2.14. The van der Waals surface area contributed by atoms with E-state index < -0.39 is 0 Å². The molecule has 0 unspecified atom stereocenters. The fourth-order valence-corrected chi connectivity index (χ4v) is 1.59. The summed E-state index contributed by atoms with van der Waals surface area (Å²) in [5, 5.41) is 0.940. The molecule has 0 bridgehead atoms. The number of hydrogen-bond donors (Lipinski definition) is 0. The maximum atomic E-state index is 10.2. The van der Waals surface area contributed by atoms with Crippen molar-refractivity contribution in [3.05, 3.63) is 15.6 Å². The molecule has 0 saturated carbocycles. The predicted octanol–water partition coefficient (Wildman–Crippen LogP) is 1.47. The minimum Gasteiger partial charge on any atom is -0.284 e. The van der Waals surface area contributed by atoms with E-state index >= 15 is 0 Å². The van der Waals surface area contributed by atoms with Gasteiger partial charge in [-0.3, -0.25) is 4.79 Å². The molecule has 10 heavy (non-hydrogen) atoms. The molecule has 0 spiro atoms. The Balaban J connectivity index is 3.08. The standard InChI is InChI=1S/C7H8NOS/c1-3-6-7(4-9)10-5(2)8-6/h3H2,1-2H3. The molecule has 0 amide bonds. The van der Waals surface area contributed by atoms with Crippen LogP contribution in [0, 0.1) is 6.92 Å². The van der Waals surface area contributed by atoms with Gasteiger partial charge in [-0.25, -0.2) is 4.98 Å². The molecule has 1 aromatic heterocycles. The molecule has 0 aliphatic carbocycles. The average Bonchev–Trinajstić information content (AvgIpc) is 2.30. The number of thiazole rings is 1. The zero-order valence-electron chi connectivity index (χ0n) is 5.97. The first-order valence-corrected chi connectivity index (χ1v) is 3.94. The summed E-state index contributed by atoms with van der Waals surface area (Å²) >= 11 is 1.40. The summed E-state index contributed by atoms with van der Waals surface area (Å²) in [7, 11) is 0. The molecule has 0 saturated heterocycles. The molecule has 3 heteroatoms. The van der Waals surface area contributed by atoms with Gasteiger partial charge in [0.2, 0.25) is 6.29 Å². The highest BCUT2D eigenvalue weighted by Crippen LogP contribution is 2.15. The second kappa shape index (κ2) is 2.92. The van der Waals surface area contributed by atoms with Crippen LogP contribution in [-0.4, -0.2) is 11.3 Å². The maximum Gasteiger partial charge on any atom is 0.246 e. The Morgan fingerprint density at radius 1 is 1.70 bits per heavy atom. The van der Waals surface area contributed by atoms with Crippen molar-refractivity contribution in [1.29, 1.82) is 0 Å². The first kappa shape index (κ1) is 7.41. The number of nitrogens with zero attached hydrogens (tertiary/aromatic N) is 1. The minimum absolute atomic E-state index is 0.653. The first-order chi connectivity index (χ1) is 4.77. The molecule has 2 nitrogen and oxygen atoms in total. The van der Waals surface area contributed by atoms with Crippen LogP contribution in [-0.2, 0) is 11.2 Å². The van der Waals surface area contributed by atoms with Gasteiger partial charge in [0, 0.05) is 0 Å². The van der Waals surface area contributed by atoms with Crippen molar-refractivity contribution in [3.8, 4) is 0 Å². The topological polar surface area (TPSA) is 30.0 Å².